The molecule has 0 fully saturated rings. The van der Waals surface area contributed by atoms with E-state index in [0.717, 1.165) is 24.8 Å². The van der Waals surface area contributed by atoms with Crippen LogP contribution in [0.15, 0.2) is 30.3 Å². The molecule has 17 heavy (non-hydrogen) atoms. The molecule has 1 aromatic carbocycles. The molecule has 0 aromatic heterocycles. The van der Waals surface area contributed by atoms with Crippen molar-refractivity contribution >= 4 is 10.8 Å². The highest BCUT2D eigenvalue weighted by Gasteiger charge is 2.21. The summed E-state index contributed by atoms with van der Waals surface area (Å²) in [4.78, 5) is 0. The zero-order valence-corrected chi connectivity index (χ0v) is 11.6. The largest absolute Gasteiger partial charge is 0.327 e. The Labute approximate surface area is 107 Å². The predicted molar refractivity (Wildman–Crippen MR) is 75.3 cm³/mol. The third-order valence-electron chi connectivity index (χ3n) is 2.99. The van der Waals surface area contributed by atoms with E-state index in [2.05, 4.69) is 13.8 Å². The molecule has 0 heterocycles. The van der Waals surface area contributed by atoms with Gasteiger partial charge < -0.3 is 5.73 Å². The molecular weight excluding hydrogens is 230 g/mol. The van der Waals surface area contributed by atoms with Gasteiger partial charge in [0.15, 0.2) is 0 Å². The summed E-state index contributed by atoms with van der Waals surface area (Å²) >= 11 is 0. The zero-order chi connectivity index (χ0) is 12.7. The van der Waals surface area contributed by atoms with E-state index in [1.807, 2.05) is 30.3 Å². The molecular formula is C14H23NOS. The van der Waals surface area contributed by atoms with Crippen molar-refractivity contribution in [1.82, 2.24) is 0 Å². The maximum atomic E-state index is 12.3. The Morgan fingerprint density at radius 2 is 1.88 bits per heavy atom. The van der Waals surface area contributed by atoms with Crippen molar-refractivity contribution in [1.29, 1.82) is 0 Å². The van der Waals surface area contributed by atoms with Crippen LogP contribution in [0.1, 0.15) is 38.7 Å². The van der Waals surface area contributed by atoms with Crippen molar-refractivity contribution in [3.63, 3.8) is 0 Å². The second-order valence-corrected chi connectivity index (χ2v) is 6.07. The average Bonchev–Trinajstić information content (AvgIpc) is 2.31. The Hall–Kier alpha value is -0.670. The van der Waals surface area contributed by atoms with E-state index >= 15 is 0 Å². The number of nitrogens with two attached hydrogens (primary N) is 1. The van der Waals surface area contributed by atoms with Gasteiger partial charge in [0.1, 0.15) is 0 Å². The Morgan fingerprint density at radius 3 is 2.41 bits per heavy atom. The fourth-order valence-corrected chi connectivity index (χ4v) is 3.68. The van der Waals surface area contributed by atoms with E-state index in [1.165, 1.54) is 0 Å². The lowest BCUT2D eigenvalue weighted by atomic mass is 10.1. The molecule has 0 saturated heterocycles. The van der Waals surface area contributed by atoms with Gasteiger partial charge in [-0.05, 0) is 18.4 Å². The van der Waals surface area contributed by atoms with Gasteiger partial charge >= 0.3 is 0 Å². The minimum Gasteiger partial charge on any atom is -0.327 e. The van der Waals surface area contributed by atoms with E-state index in [-0.39, 0.29) is 11.3 Å². The van der Waals surface area contributed by atoms with Crippen molar-refractivity contribution < 1.29 is 4.21 Å². The molecule has 3 heteroatoms. The molecule has 0 radical (unpaired) electrons. The van der Waals surface area contributed by atoms with Crippen LogP contribution in [0.25, 0.3) is 0 Å². The summed E-state index contributed by atoms with van der Waals surface area (Å²) in [7, 11) is -0.865. The van der Waals surface area contributed by atoms with Gasteiger partial charge in [-0.15, -0.1) is 0 Å². The lowest BCUT2D eigenvalue weighted by Gasteiger charge is -2.21. The van der Waals surface area contributed by atoms with Crippen LogP contribution >= 0.6 is 0 Å². The minimum atomic E-state index is -0.865. The molecule has 0 spiro atoms. The molecule has 0 aliphatic rings. The summed E-state index contributed by atoms with van der Waals surface area (Å²) in [6, 6.07) is 10.1. The lowest BCUT2D eigenvalue weighted by molar-refractivity contribution is 0.549. The highest BCUT2D eigenvalue weighted by atomic mass is 32.2. The molecule has 3 atom stereocenters. The van der Waals surface area contributed by atoms with E-state index in [1.54, 1.807) is 0 Å². The van der Waals surface area contributed by atoms with E-state index in [4.69, 9.17) is 5.73 Å². The second-order valence-electron chi connectivity index (χ2n) is 4.41. The smallest absolute Gasteiger partial charge is 0.0499 e. The molecule has 1 rings (SSSR count). The number of rotatable bonds is 7. The van der Waals surface area contributed by atoms with Crippen LogP contribution in [-0.4, -0.2) is 15.5 Å². The van der Waals surface area contributed by atoms with Gasteiger partial charge in [0.05, 0.1) is 0 Å². The van der Waals surface area contributed by atoms with Gasteiger partial charge in [0, 0.05) is 27.8 Å². The fraction of sp³-hybridized carbons (Fsp3) is 0.571. The first kappa shape index (κ1) is 14.4. The van der Waals surface area contributed by atoms with Crippen LogP contribution in [0, 0.1) is 0 Å². The summed E-state index contributed by atoms with van der Waals surface area (Å²) < 4.78 is 12.3. The molecule has 0 bridgehead atoms. The van der Waals surface area contributed by atoms with Crippen LogP contribution in [-0.2, 0) is 16.6 Å². The molecule has 96 valence electrons. The van der Waals surface area contributed by atoms with Gasteiger partial charge in [0.25, 0.3) is 0 Å². The fourth-order valence-electron chi connectivity index (χ4n) is 2.05. The van der Waals surface area contributed by atoms with Crippen molar-refractivity contribution in [3.8, 4) is 0 Å². The van der Waals surface area contributed by atoms with Crippen molar-refractivity contribution in [3.05, 3.63) is 35.9 Å². The third kappa shape index (κ3) is 4.60. The Balaban J connectivity index is 2.61. The number of benzene rings is 1. The SMILES string of the molecule is CCCC(N)C(CC)S(=O)Cc1ccccc1. The molecule has 2 nitrogen and oxygen atoms in total. The second kappa shape index (κ2) is 7.62. The summed E-state index contributed by atoms with van der Waals surface area (Å²) in [5, 5.41) is 0.121. The molecule has 1 aromatic rings. The molecule has 2 N–H and O–H groups in total. The highest BCUT2D eigenvalue weighted by Crippen LogP contribution is 2.14. The molecule has 0 saturated carbocycles. The van der Waals surface area contributed by atoms with Gasteiger partial charge in [-0.2, -0.15) is 0 Å². The molecule has 3 unspecified atom stereocenters. The Morgan fingerprint density at radius 1 is 1.24 bits per heavy atom. The van der Waals surface area contributed by atoms with Crippen LogP contribution in [0.4, 0.5) is 0 Å². The lowest BCUT2D eigenvalue weighted by Crippen LogP contribution is -2.37. The van der Waals surface area contributed by atoms with Gasteiger partial charge in [0.2, 0.25) is 0 Å². The quantitative estimate of drug-likeness (QED) is 0.812. The van der Waals surface area contributed by atoms with Crippen molar-refractivity contribution in [2.24, 2.45) is 5.73 Å². The van der Waals surface area contributed by atoms with Crippen LogP contribution < -0.4 is 5.73 Å². The Bertz CT molecular complexity index is 339. The van der Waals surface area contributed by atoms with Gasteiger partial charge in [-0.25, -0.2) is 0 Å². The van der Waals surface area contributed by atoms with E-state index in [0.29, 0.717) is 5.75 Å². The zero-order valence-electron chi connectivity index (χ0n) is 10.8. The van der Waals surface area contributed by atoms with E-state index < -0.39 is 10.8 Å². The first-order valence-corrected chi connectivity index (χ1v) is 7.73. The minimum absolute atomic E-state index is 0.0644. The summed E-state index contributed by atoms with van der Waals surface area (Å²) in [6.45, 7) is 4.19. The first-order chi connectivity index (χ1) is 8.19. The molecule has 0 aliphatic heterocycles. The number of hydrogen-bond donors (Lipinski definition) is 1. The third-order valence-corrected chi connectivity index (χ3v) is 4.97. The van der Waals surface area contributed by atoms with E-state index in [9.17, 15) is 4.21 Å². The topological polar surface area (TPSA) is 43.1 Å². The normalized spacial score (nSPS) is 16.4. The Kier molecular flexibility index (Phi) is 6.45. The highest BCUT2D eigenvalue weighted by molar-refractivity contribution is 7.84. The predicted octanol–water partition coefficient (Wildman–Crippen LogP) is 2.84. The monoisotopic (exact) mass is 253 g/mol. The van der Waals surface area contributed by atoms with Crippen molar-refractivity contribution in [2.75, 3.05) is 0 Å². The summed E-state index contributed by atoms with van der Waals surface area (Å²) in [5.74, 6) is 0.622. The van der Waals surface area contributed by atoms with Crippen LogP contribution in [0.5, 0.6) is 0 Å². The average molecular weight is 253 g/mol. The van der Waals surface area contributed by atoms with Gasteiger partial charge in [-0.3, -0.25) is 4.21 Å². The maximum absolute atomic E-state index is 12.3. The first-order valence-electron chi connectivity index (χ1n) is 6.35. The van der Waals surface area contributed by atoms with Crippen LogP contribution in [0.2, 0.25) is 0 Å². The standard InChI is InChI=1S/C14H23NOS/c1-3-8-13(15)14(4-2)17(16)11-12-9-6-5-7-10-12/h5-7,9-10,13-14H,3-4,8,11,15H2,1-2H3. The molecule has 0 aliphatic carbocycles. The van der Waals surface area contributed by atoms with Gasteiger partial charge in [-0.1, -0.05) is 50.6 Å². The maximum Gasteiger partial charge on any atom is 0.0499 e. The summed E-state index contributed by atoms with van der Waals surface area (Å²) in [6.07, 6.45) is 2.90. The number of hydrogen-bond acceptors (Lipinski definition) is 2. The van der Waals surface area contributed by atoms with Crippen LogP contribution in [0.3, 0.4) is 0 Å². The van der Waals surface area contributed by atoms with Crippen molar-refractivity contribution in [2.45, 2.75) is 50.2 Å². The summed E-state index contributed by atoms with van der Waals surface area (Å²) in [5.41, 5.74) is 7.23. The molecule has 0 amide bonds.